The summed E-state index contributed by atoms with van der Waals surface area (Å²) in [5.41, 5.74) is 0. The summed E-state index contributed by atoms with van der Waals surface area (Å²) in [7, 11) is 0. The van der Waals surface area contributed by atoms with Crippen molar-refractivity contribution in [1.82, 2.24) is 9.91 Å². The highest BCUT2D eigenvalue weighted by Crippen LogP contribution is 2.10. The largest absolute Gasteiger partial charge is 0.342 e. The fourth-order valence-electron chi connectivity index (χ4n) is 1.66. The highest BCUT2D eigenvalue weighted by Gasteiger charge is 2.22. The smallest absolute Gasteiger partial charge is 0.211 e. The lowest BCUT2D eigenvalue weighted by molar-refractivity contribution is 0.248. The van der Waals surface area contributed by atoms with Crippen LogP contribution in [-0.4, -0.2) is 42.0 Å². The fraction of sp³-hybridized carbons (Fsp3) is 0.857. The Morgan fingerprint density at radius 1 is 1.18 bits per heavy atom. The van der Waals surface area contributed by atoms with Crippen LogP contribution in [0.2, 0.25) is 0 Å². The van der Waals surface area contributed by atoms with E-state index in [1.54, 1.807) is 5.01 Å². The van der Waals surface area contributed by atoms with Crippen LogP contribution in [0.4, 0.5) is 0 Å². The van der Waals surface area contributed by atoms with Gasteiger partial charge in [-0.3, -0.25) is 10.0 Å². The van der Waals surface area contributed by atoms with Crippen LogP contribution in [0.5, 0.6) is 0 Å². The van der Waals surface area contributed by atoms with Gasteiger partial charge in [0.1, 0.15) is 0 Å². The second-order valence-corrected chi connectivity index (χ2v) is 3.07. The van der Waals surface area contributed by atoms with Crippen LogP contribution >= 0.6 is 0 Å². The minimum atomic E-state index is 0.944. The number of fused-ring (bicyclic) bond motifs is 1. The van der Waals surface area contributed by atoms with Gasteiger partial charge in [-0.25, -0.2) is 5.84 Å². The summed E-state index contributed by atoms with van der Waals surface area (Å²) in [4.78, 5) is 6.65. The Morgan fingerprint density at radius 3 is 2.82 bits per heavy atom. The van der Waals surface area contributed by atoms with E-state index in [1.165, 1.54) is 6.42 Å². The minimum absolute atomic E-state index is 0.944. The van der Waals surface area contributed by atoms with Crippen LogP contribution in [-0.2, 0) is 0 Å². The van der Waals surface area contributed by atoms with Crippen molar-refractivity contribution in [3.05, 3.63) is 0 Å². The molecule has 4 heteroatoms. The monoisotopic (exact) mass is 154 g/mol. The lowest BCUT2D eigenvalue weighted by atomic mass is 10.2. The second kappa shape index (κ2) is 2.70. The van der Waals surface area contributed by atoms with Crippen LogP contribution in [0, 0.1) is 0 Å². The van der Waals surface area contributed by atoms with Gasteiger partial charge in [0.2, 0.25) is 5.96 Å². The molecular weight excluding hydrogens is 140 g/mol. The molecule has 0 aromatic rings. The predicted octanol–water partition coefficient (Wildman–Crippen LogP) is -0.373. The molecule has 2 N–H and O–H groups in total. The first kappa shape index (κ1) is 6.91. The molecular formula is C7H14N4. The van der Waals surface area contributed by atoms with Gasteiger partial charge in [0.15, 0.2) is 0 Å². The van der Waals surface area contributed by atoms with Crippen molar-refractivity contribution in [3.8, 4) is 0 Å². The van der Waals surface area contributed by atoms with Crippen LogP contribution in [0.15, 0.2) is 4.99 Å². The summed E-state index contributed by atoms with van der Waals surface area (Å²) in [5, 5.41) is 1.77. The molecule has 4 nitrogen and oxygen atoms in total. The van der Waals surface area contributed by atoms with E-state index in [-0.39, 0.29) is 0 Å². The van der Waals surface area contributed by atoms with Crippen LogP contribution < -0.4 is 5.84 Å². The van der Waals surface area contributed by atoms with E-state index in [9.17, 15) is 0 Å². The van der Waals surface area contributed by atoms with Gasteiger partial charge in [0.25, 0.3) is 0 Å². The van der Waals surface area contributed by atoms with Gasteiger partial charge in [-0.2, -0.15) is 0 Å². The van der Waals surface area contributed by atoms with E-state index in [1.807, 2.05) is 0 Å². The number of hydrogen-bond acceptors (Lipinski definition) is 4. The van der Waals surface area contributed by atoms with Gasteiger partial charge >= 0.3 is 0 Å². The highest BCUT2D eigenvalue weighted by atomic mass is 15.5. The Morgan fingerprint density at radius 2 is 2.00 bits per heavy atom. The summed E-state index contributed by atoms with van der Waals surface area (Å²) in [6.45, 7) is 4.16. The molecule has 11 heavy (non-hydrogen) atoms. The van der Waals surface area contributed by atoms with Crippen LogP contribution in [0.25, 0.3) is 0 Å². The summed E-state index contributed by atoms with van der Waals surface area (Å²) in [6.07, 6.45) is 2.34. The lowest BCUT2D eigenvalue weighted by Crippen LogP contribution is -2.55. The second-order valence-electron chi connectivity index (χ2n) is 3.07. The average molecular weight is 154 g/mol. The van der Waals surface area contributed by atoms with Gasteiger partial charge < -0.3 is 4.90 Å². The van der Waals surface area contributed by atoms with Gasteiger partial charge in [-0.15, -0.1) is 0 Å². The molecule has 2 aliphatic heterocycles. The molecule has 0 amide bonds. The van der Waals surface area contributed by atoms with E-state index in [0.717, 1.165) is 38.6 Å². The van der Waals surface area contributed by atoms with Gasteiger partial charge in [-0.05, 0) is 12.8 Å². The summed E-state index contributed by atoms with van der Waals surface area (Å²) in [6, 6.07) is 0. The van der Waals surface area contributed by atoms with Crippen molar-refractivity contribution in [2.24, 2.45) is 10.8 Å². The molecule has 0 radical (unpaired) electrons. The predicted molar refractivity (Wildman–Crippen MR) is 44.0 cm³/mol. The highest BCUT2D eigenvalue weighted by molar-refractivity contribution is 5.80. The molecule has 1 saturated heterocycles. The summed E-state index contributed by atoms with van der Waals surface area (Å²) >= 11 is 0. The van der Waals surface area contributed by atoms with E-state index in [0.29, 0.717) is 0 Å². The molecule has 1 fully saturated rings. The first-order valence-corrected chi connectivity index (χ1v) is 4.19. The molecule has 0 atom stereocenters. The molecule has 0 aromatic carbocycles. The third kappa shape index (κ3) is 1.18. The number of nitrogens with zero attached hydrogens (tertiary/aromatic N) is 3. The molecule has 0 unspecified atom stereocenters. The quantitative estimate of drug-likeness (QED) is 0.484. The summed E-state index contributed by atoms with van der Waals surface area (Å²) in [5.74, 6) is 6.75. The minimum Gasteiger partial charge on any atom is -0.342 e. The van der Waals surface area contributed by atoms with E-state index in [2.05, 4.69) is 9.89 Å². The zero-order valence-electron chi connectivity index (χ0n) is 6.66. The summed E-state index contributed by atoms with van der Waals surface area (Å²) < 4.78 is 0. The molecule has 0 aliphatic carbocycles. The first-order valence-electron chi connectivity index (χ1n) is 4.19. The van der Waals surface area contributed by atoms with Crippen LogP contribution in [0.3, 0.4) is 0 Å². The Kier molecular flexibility index (Phi) is 1.69. The Bertz CT molecular complexity index is 177. The lowest BCUT2D eigenvalue weighted by Gasteiger charge is -2.38. The van der Waals surface area contributed by atoms with E-state index < -0.39 is 0 Å². The number of aliphatic imine (C=N–C) groups is 1. The zero-order chi connectivity index (χ0) is 7.68. The van der Waals surface area contributed by atoms with Crippen LogP contribution in [0.1, 0.15) is 12.8 Å². The number of guanidine groups is 1. The number of rotatable bonds is 0. The zero-order valence-corrected chi connectivity index (χ0v) is 6.66. The van der Waals surface area contributed by atoms with Crippen molar-refractivity contribution in [2.45, 2.75) is 12.8 Å². The fourth-order valence-corrected chi connectivity index (χ4v) is 1.66. The normalized spacial score (nSPS) is 24.6. The van der Waals surface area contributed by atoms with Crippen molar-refractivity contribution in [1.29, 1.82) is 0 Å². The van der Waals surface area contributed by atoms with E-state index in [4.69, 9.17) is 5.84 Å². The number of hydrogen-bond donors (Lipinski definition) is 1. The Hall–Kier alpha value is -0.770. The number of hydrazine groups is 1. The average Bonchev–Trinajstić information content (AvgIpc) is 2.06. The molecule has 62 valence electrons. The SMILES string of the molecule is NN1CCCN2CCCN=C12. The van der Waals surface area contributed by atoms with Crippen molar-refractivity contribution in [2.75, 3.05) is 26.2 Å². The third-order valence-electron chi connectivity index (χ3n) is 2.21. The first-order chi connectivity index (χ1) is 5.38. The molecule has 0 spiro atoms. The van der Waals surface area contributed by atoms with Gasteiger partial charge in [-0.1, -0.05) is 0 Å². The van der Waals surface area contributed by atoms with Crippen molar-refractivity contribution in [3.63, 3.8) is 0 Å². The molecule has 2 rings (SSSR count). The number of nitrogens with two attached hydrogens (primary N) is 1. The molecule has 2 aliphatic rings. The molecule has 0 saturated carbocycles. The van der Waals surface area contributed by atoms with Crippen molar-refractivity contribution >= 4 is 5.96 Å². The maximum Gasteiger partial charge on any atom is 0.211 e. The van der Waals surface area contributed by atoms with Gasteiger partial charge in [0.05, 0.1) is 0 Å². The topological polar surface area (TPSA) is 44.9 Å². The van der Waals surface area contributed by atoms with E-state index >= 15 is 0 Å². The standard InChI is InChI=1S/C7H14N4/c8-11-6-2-5-10-4-1-3-9-7(10)11/h1-6,8H2. The van der Waals surface area contributed by atoms with Gasteiger partial charge in [0, 0.05) is 26.2 Å². The third-order valence-corrected chi connectivity index (χ3v) is 2.21. The maximum atomic E-state index is 5.75. The molecule has 2 heterocycles. The Balaban J connectivity index is 2.14. The molecule has 0 bridgehead atoms. The Labute approximate surface area is 66.6 Å². The molecule has 0 aromatic heterocycles. The maximum absolute atomic E-state index is 5.75. The van der Waals surface area contributed by atoms with Crippen molar-refractivity contribution < 1.29 is 0 Å².